The van der Waals surface area contributed by atoms with Crippen LogP contribution in [-0.4, -0.2) is 8.07 Å². The van der Waals surface area contributed by atoms with Crippen molar-refractivity contribution < 1.29 is 0 Å². The van der Waals surface area contributed by atoms with Gasteiger partial charge in [0.1, 0.15) is 8.07 Å². The fourth-order valence-corrected chi connectivity index (χ4v) is 4.07. The van der Waals surface area contributed by atoms with Crippen LogP contribution in [-0.2, 0) is 6.04 Å². The summed E-state index contributed by atoms with van der Waals surface area (Å²) in [5.74, 6) is 12.8. The Bertz CT molecular complexity index is 1090. The Kier molecular flexibility index (Phi) is 6.19. The minimum atomic E-state index is -1.56. The zero-order valence-electron chi connectivity index (χ0n) is 16.3. The Balaban J connectivity index is 1.66. The van der Waals surface area contributed by atoms with Gasteiger partial charge >= 0.3 is 0 Å². The van der Waals surface area contributed by atoms with Gasteiger partial charge in [-0.3, -0.25) is 0 Å². The van der Waals surface area contributed by atoms with Crippen molar-refractivity contribution in [3.8, 4) is 35.6 Å². The summed E-state index contributed by atoms with van der Waals surface area (Å²) >= 11 is 0. The monoisotopic (exact) mass is 374 g/mol. The highest BCUT2D eigenvalue weighted by Gasteiger charge is 2.17. The van der Waals surface area contributed by atoms with Crippen LogP contribution in [0.5, 0.6) is 0 Å². The molecule has 0 aliphatic carbocycles. The van der Waals surface area contributed by atoms with E-state index in [4.69, 9.17) is 6.42 Å². The number of terminal acetylenes is 1. The first-order valence-electron chi connectivity index (χ1n) is 9.30. The maximum absolute atomic E-state index is 5.64. The van der Waals surface area contributed by atoms with Gasteiger partial charge in [0.2, 0.25) is 0 Å². The zero-order valence-corrected chi connectivity index (χ0v) is 17.3. The maximum Gasteiger partial charge on any atom is 0.136 e. The molecule has 0 aliphatic rings. The van der Waals surface area contributed by atoms with Gasteiger partial charge in [-0.15, -0.1) is 12.0 Å². The first-order chi connectivity index (χ1) is 13.5. The summed E-state index contributed by atoms with van der Waals surface area (Å²) < 4.78 is 0. The summed E-state index contributed by atoms with van der Waals surface area (Å²) in [7, 11) is -1.56. The topological polar surface area (TPSA) is 0 Å². The van der Waals surface area contributed by atoms with E-state index in [1.165, 1.54) is 5.56 Å². The van der Waals surface area contributed by atoms with Gasteiger partial charge in [0.25, 0.3) is 0 Å². The van der Waals surface area contributed by atoms with E-state index in [1.54, 1.807) is 0 Å². The van der Waals surface area contributed by atoms with E-state index in [1.807, 2.05) is 54.6 Å². The van der Waals surface area contributed by atoms with E-state index in [0.717, 1.165) is 28.3 Å². The van der Waals surface area contributed by atoms with Crippen LogP contribution in [0.15, 0.2) is 78.9 Å². The first-order valence-corrected chi connectivity index (χ1v) is 12.5. The fraction of sp³-hybridized carbons (Fsp3) is 0.111. The molecule has 0 saturated carbocycles. The second-order valence-electron chi connectivity index (χ2n) is 7.35. The second-order valence-corrected chi connectivity index (χ2v) is 11.8. The summed E-state index contributed by atoms with van der Waals surface area (Å²) in [6, 6.07) is 27.5. The minimum absolute atomic E-state index is 0.982. The van der Waals surface area contributed by atoms with Gasteiger partial charge in [-0.1, -0.05) is 67.1 Å². The van der Waals surface area contributed by atoms with Crippen molar-refractivity contribution in [2.24, 2.45) is 0 Å². The van der Waals surface area contributed by atoms with E-state index >= 15 is 0 Å². The fourth-order valence-electron chi connectivity index (χ4n) is 2.71. The molecule has 0 fully saturated rings. The molecule has 0 atom stereocenters. The number of hydrogen-bond donors (Lipinski definition) is 0. The molecular formula is C27H22Si. The Labute approximate surface area is 169 Å². The smallest absolute Gasteiger partial charge is 0.135 e. The molecule has 3 aromatic rings. The van der Waals surface area contributed by atoms with Crippen molar-refractivity contribution in [3.05, 3.63) is 107 Å². The Morgan fingerprint density at radius 1 is 0.607 bits per heavy atom. The average molecular weight is 375 g/mol. The lowest BCUT2D eigenvalue weighted by molar-refractivity contribution is 1.33. The highest BCUT2D eigenvalue weighted by Crippen LogP contribution is 2.12. The highest BCUT2D eigenvalue weighted by molar-refractivity contribution is 6.84. The molecule has 28 heavy (non-hydrogen) atoms. The predicted octanol–water partition coefficient (Wildman–Crippen LogP) is 5.45. The Hall–Kier alpha value is -3.44. The number of rotatable bonds is 2. The van der Waals surface area contributed by atoms with E-state index in [9.17, 15) is 0 Å². The number of benzene rings is 3. The molecule has 3 rings (SSSR count). The highest BCUT2D eigenvalue weighted by atomic mass is 28.3. The first kappa shape index (κ1) is 19.3. The third-order valence-corrected chi connectivity index (χ3v) is 6.43. The lowest BCUT2D eigenvalue weighted by Gasteiger charge is -2.14. The molecule has 0 amide bonds. The Morgan fingerprint density at radius 2 is 1.00 bits per heavy atom. The minimum Gasteiger partial charge on any atom is -0.135 e. The SMILES string of the molecule is C#C[Si](C)(C)Cc1ccc(C#Cc2ccc(C#Cc3ccccc3)cc2)cc1. The van der Waals surface area contributed by atoms with Crippen molar-refractivity contribution in [2.45, 2.75) is 19.1 Å². The summed E-state index contributed by atoms with van der Waals surface area (Å²) in [6.45, 7) is 4.43. The van der Waals surface area contributed by atoms with Crippen molar-refractivity contribution in [3.63, 3.8) is 0 Å². The molecule has 0 unspecified atom stereocenters. The van der Waals surface area contributed by atoms with Crippen LogP contribution in [0.3, 0.4) is 0 Å². The molecule has 0 radical (unpaired) electrons. The van der Waals surface area contributed by atoms with E-state index in [0.29, 0.717) is 0 Å². The van der Waals surface area contributed by atoms with Gasteiger partial charge in [0, 0.05) is 22.3 Å². The third-order valence-electron chi connectivity index (χ3n) is 4.35. The van der Waals surface area contributed by atoms with Crippen LogP contribution in [0.25, 0.3) is 0 Å². The molecule has 0 bridgehead atoms. The Morgan fingerprint density at radius 3 is 1.43 bits per heavy atom. The van der Waals surface area contributed by atoms with Crippen molar-refractivity contribution in [1.82, 2.24) is 0 Å². The molecule has 0 heterocycles. The van der Waals surface area contributed by atoms with E-state index < -0.39 is 8.07 Å². The van der Waals surface area contributed by atoms with Gasteiger partial charge < -0.3 is 0 Å². The van der Waals surface area contributed by atoms with Crippen molar-refractivity contribution >= 4 is 8.07 Å². The van der Waals surface area contributed by atoms with Crippen LogP contribution < -0.4 is 0 Å². The predicted molar refractivity (Wildman–Crippen MR) is 121 cm³/mol. The second kappa shape index (κ2) is 8.97. The average Bonchev–Trinajstić information content (AvgIpc) is 2.73. The van der Waals surface area contributed by atoms with Gasteiger partial charge in [0.15, 0.2) is 0 Å². The van der Waals surface area contributed by atoms with Crippen LogP contribution in [0, 0.1) is 35.6 Å². The summed E-state index contributed by atoms with van der Waals surface area (Å²) in [5.41, 5.74) is 8.26. The summed E-state index contributed by atoms with van der Waals surface area (Å²) in [6.07, 6.45) is 5.64. The molecular weight excluding hydrogens is 352 g/mol. The zero-order chi connectivity index (χ0) is 19.8. The summed E-state index contributed by atoms with van der Waals surface area (Å²) in [5, 5.41) is 0. The largest absolute Gasteiger partial charge is 0.136 e. The van der Waals surface area contributed by atoms with Gasteiger partial charge in [-0.2, -0.15) is 0 Å². The molecule has 0 spiro atoms. The van der Waals surface area contributed by atoms with Gasteiger partial charge in [-0.25, -0.2) is 0 Å². The number of hydrogen-bond acceptors (Lipinski definition) is 0. The summed E-state index contributed by atoms with van der Waals surface area (Å²) in [4.78, 5) is 0. The lowest BCUT2D eigenvalue weighted by Crippen LogP contribution is -2.27. The quantitative estimate of drug-likeness (QED) is 0.413. The van der Waals surface area contributed by atoms with Gasteiger partial charge in [0.05, 0.1) is 0 Å². The molecule has 1 heteroatoms. The molecule has 0 N–H and O–H groups in total. The maximum atomic E-state index is 5.64. The molecule has 0 nitrogen and oxygen atoms in total. The van der Waals surface area contributed by atoms with Crippen molar-refractivity contribution in [1.29, 1.82) is 0 Å². The van der Waals surface area contributed by atoms with E-state index in [-0.39, 0.29) is 0 Å². The van der Waals surface area contributed by atoms with Crippen LogP contribution in [0.1, 0.15) is 27.8 Å². The molecule has 0 saturated heterocycles. The van der Waals surface area contributed by atoms with Crippen LogP contribution in [0.4, 0.5) is 0 Å². The van der Waals surface area contributed by atoms with Gasteiger partial charge in [-0.05, 0) is 60.1 Å². The van der Waals surface area contributed by atoms with E-state index in [2.05, 4.69) is 66.6 Å². The molecule has 134 valence electrons. The molecule has 0 aliphatic heterocycles. The molecule has 0 aromatic heterocycles. The lowest BCUT2D eigenvalue weighted by atomic mass is 10.1. The standard InChI is InChI=1S/C27H22Si/c1-4-28(2,3)22-27-20-18-26(19-21-27)17-16-25-14-12-24(13-15-25)11-10-23-8-6-5-7-9-23/h1,5-9,12-15,18-21H,22H2,2-3H3. The van der Waals surface area contributed by atoms with Crippen molar-refractivity contribution in [2.75, 3.05) is 0 Å². The molecule has 3 aromatic carbocycles. The van der Waals surface area contributed by atoms with Crippen LogP contribution in [0.2, 0.25) is 13.1 Å². The van der Waals surface area contributed by atoms with Crippen LogP contribution >= 0.6 is 0 Å². The normalized spacial score (nSPS) is 10.0. The third kappa shape index (κ3) is 5.79.